The van der Waals surface area contributed by atoms with E-state index in [0.717, 1.165) is 11.5 Å². The third-order valence-corrected chi connectivity index (χ3v) is 3.30. The second-order valence-electron chi connectivity index (χ2n) is 5.43. The highest BCUT2D eigenvalue weighted by Crippen LogP contribution is 2.34. The molecule has 3 nitrogen and oxygen atoms in total. The molecule has 0 aliphatic heterocycles. The summed E-state index contributed by atoms with van der Waals surface area (Å²) in [6, 6.07) is 11.8. The Balaban J connectivity index is 2.33. The fourth-order valence-corrected chi connectivity index (χ4v) is 2.19. The molecular weight excluding hydrogens is 262 g/mol. The van der Waals surface area contributed by atoms with Crippen LogP contribution in [0.2, 0.25) is 0 Å². The van der Waals surface area contributed by atoms with Crippen molar-refractivity contribution in [1.29, 1.82) is 0 Å². The zero-order valence-corrected chi connectivity index (χ0v) is 13.1. The second kappa shape index (κ2) is 6.53. The molecule has 2 aromatic rings. The highest BCUT2D eigenvalue weighted by atomic mass is 16.5. The molecule has 112 valence electrons. The van der Waals surface area contributed by atoms with Gasteiger partial charge in [0.2, 0.25) is 0 Å². The van der Waals surface area contributed by atoms with Crippen molar-refractivity contribution in [2.24, 2.45) is 0 Å². The van der Waals surface area contributed by atoms with Gasteiger partial charge in [0.1, 0.15) is 17.2 Å². The first-order valence-corrected chi connectivity index (χ1v) is 7.32. The van der Waals surface area contributed by atoms with Gasteiger partial charge in [0.25, 0.3) is 0 Å². The second-order valence-corrected chi connectivity index (χ2v) is 5.43. The fourth-order valence-electron chi connectivity index (χ4n) is 2.19. The predicted molar refractivity (Wildman–Crippen MR) is 87.4 cm³/mol. The molecule has 0 heterocycles. The molecule has 0 radical (unpaired) electrons. The smallest absolute Gasteiger partial charge is 0.145 e. The molecule has 2 aromatic carbocycles. The van der Waals surface area contributed by atoms with Crippen molar-refractivity contribution < 1.29 is 9.47 Å². The predicted octanol–water partition coefficient (Wildman–Crippen LogP) is 4.89. The molecule has 2 rings (SSSR count). The monoisotopic (exact) mass is 285 g/mol. The maximum atomic E-state index is 6.06. The summed E-state index contributed by atoms with van der Waals surface area (Å²) in [6.45, 7) is 8.89. The van der Waals surface area contributed by atoms with Crippen LogP contribution >= 0.6 is 0 Å². The van der Waals surface area contributed by atoms with Crippen molar-refractivity contribution in [3.63, 3.8) is 0 Å². The van der Waals surface area contributed by atoms with E-state index in [9.17, 15) is 0 Å². The van der Waals surface area contributed by atoms with Gasteiger partial charge in [-0.1, -0.05) is 26.0 Å². The van der Waals surface area contributed by atoms with Crippen molar-refractivity contribution >= 4 is 5.69 Å². The van der Waals surface area contributed by atoms with Gasteiger partial charge < -0.3 is 15.2 Å². The lowest BCUT2D eigenvalue weighted by atomic mass is 10.0. The molecule has 0 unspecified atom stereocenters. The van der Waals surface area contributed by atoms with E-state index in [2.05, 4.69) is 39.0 Å². The lowest BCUT2D eigenvalue weighted by Gasteiger charge is -2.15. The third-order valence-electron chi connectivity index (χ3n) is 3.30. The van der Waals surface area contributed by atoms with Crippen molar-refractivity contribution in [2.45, 2.75) is 33.6 Å². The number of anilines is 1. The molecule has 0 amide bonds. The van der Waals surface area contributed by atoms with Gasteiger partial charge in [-0.05, 0) is 49.1 Å². The van der Waals surface area contributed by atoms with E-state index in [1.807, 2.05) is 25.1 Å². The molecule has 0 saturated carbocycles. The number of aryl methyl sites for hydroxylation is 1. The van der Waals surface area contributed by atoms with Gasteiger partial charge in [0.15, 0.2) is 0 Å². The van der Waals surface area contributed by atoms with Gasteiger partial charge in [-0.3, -0.25) is 0 Å². The van der Waals surface area contributed by atoms with Crippen molar-refractivity contribution in [2.75, 3.05) is 12.3 Å². The Bertz CT molecular complexity index is 621. The van der Waals surface area contributed by atoms with E-state index in [1.165, 1.54) is 11.1 Å². The summed E-state index contributed by atoms with van der Waals surface area (Å²) in [7, 11) is 0. The molecule has 0 aliphatic carbocycles. The average molecular weight is 285 g/mol. The summed E-state index contributed by atoms with van der Waals surface area (Å²) in [6.07, 6.45) is 0. The van der Waals surface area contributed by atoms with Gasteiger partial charge in [-0.2, -0.15) is 0 Å². The first-order chi connectivity index (χ1) is 10.0. The van der Waals surface area contributed by atoms with Gasteiger partial charge >= 0.3 is 0 Å². The van der Waals surface area contributed by atoms with E-state index in [1.54, 1.807) is 0 Å². The van der Waals surface area contributed by atoms with Crippen LogP contribution in [0.3, 0.4) is 0 Å². The molecular formula is C18H23NO2. The molecule has 3 heteroatoms. The van der Waals surface area contributed by atoms with Gasteiger partial charge in [0, 0.05) is 6.07 Å². The number of ether oxygens (including phenoxy) is 2. The maximum Gasteiger partial charge on any atom is 0.145 e. The Hall–Kier alpha value is -2.16. The highest BCUT2D eigenvalue weighted by Gasteiger charge is 2.10. The molecule has 0 bridgehead atoms. The van der Waals surface area contributed by atoms with Gasteiger partial charge in [-0.25, -0.2) is 0 Å². The van der Waals surface area contributed by atoms with Crippen LogP contribution in [0, 0.1) is 6.92 Å². The quantitative estimate of drug-likeness (QED) is 0.795. The Morgan fingerprint density at radius 3 is 2.48 bits per heavy atom. The summed E-state index contributed by atoms with van der Waals surface area (Å²) < 4.78 is 11.6. The number of rotatable bonds is 5. The number of benzene rings is 2. The van der Waals surface area contributed by atoms with E-state index < -0.39 is 0 Å². The van der Waals surface area contributed by atoms with Crippen LogP contribution in [-0.2, 0) is 0 Å². The molecule has 0 atom stereocenters. The zero-order valence-electron chi connectivity index (χ0n) is 13.1. The maximum absolute atomic E-state index is 6.06. The number of hydrogen-bond acceptors (Lipinski definition) is 3. The van der Waals surface area contributed by atoms with Crippen LogP contribution in [-0.4, -0.2) is 6.61 Å². The molecule has 2 N–H and O–H groups in total. The summed E-state index contributed by atoms with van der Waals surface area (Å²) in [5.41, 5.74) is 8.88. The Kier molecular flexibility index (Phi) is 4.73. The molecule has 0 aliphatic rings. The van der Waals surface area contributed by atoms with Crippen LogP contribution in [0.4, 0.5) is 5.69 Å². The molecule has 0 aromatic heterocycles. The van der Waals surface area contributed by atoms with E-state index in [-0.39, 0.29) is 0 Å². The molecule has 0 spiro atoms. The van der Waals surface area contributed by atoms with Crippen molar-refractivity contribution in [1.82, 2.24) is 0 Å². The standard InChI is InChI=1S/C18H23NO2/c1-5-20-18-11-14(7-9-16(18)19)21-17-10-13(4)6-8-15(17)12(2)3/h6-12H,5,19H2,1-4H3. The largest absolute Gasteiger partial charge is 0.492 e. The highest BCUT2D eigenvalue weighted by molar-refractivity contribution is 5.56. The fraction of sp³-hybridized carbons (Fsp3) is 0.333. The number of nitrogens with two attached hydrogens (primary N) is 1. The average Bonchev–Trinajstić information content (AvgIpc) is 2.42. The minimum atomic E-state index is 0.403. The number of hydrogen-bond donors (Lipinski definition) is 1. The van der Waals surface area contributed by atoms with Crippen LogP contribution in [0.25, 0.3) is 0 Å². The molecule has 0 fully saturated rings. The Morgan fingerprint density at radius 2 is 1.81 bits per heavy atom. The van der Waals surface area contributed by atoms with Crippen molar-refractivity contribution in [3.05, 3.63) is 47.5 Å². The summed E-state index contributed by atoms with van der Waals surface area (Å²) in [5, 5.41) is 0. The van der Waals surface area contributed by atoms with Crippen LogP contribution in [0.15, 0.2) is 36.4 Å². The summed E-state index contributed by atoms with van der Waals surface area (Å²) >= 11 is 0. The van der Waals surface area contributed by atoms with E-state index in [4.69, 9.17) is 15.2 Å². The molecule has 0 saturated heterocycles. The van der Waals surface area contributed by atoms with E-state index in [0.29, 0.717) is 24.0 Å². The van der Waals surface area contributed by atoms with Crippen molar-refractivity contribution in [3.8, 4) is 17.2 Å². The van der Waals surface area contributed by atoms with Crippen LogP contribution in [0.5, 0.6) is 17.2 Å². The third kappa shape index (κ3) is 3.69. The van der Waals surface area contributed by atoms with Gasteiger partial charge in [-0.15, -0.1) is 0 Å². The normalized spacial score (nSPS) is 10.7. The first kappa shape index (κ1) is 15.2. The number of nitrogen functional groups attached to an aromatic ring is 1. The van der Waals surface area contributed by atoms with Gasteiger partial charge in [0.05, 0.1) is 12.3 Å². The van der Waals surface area contributed by atoms with Crippen LogP contribution in [0.1, 0.15) is 37.8 Å². The summed E-state index contributed by atoms with van der Waals surface area (Å²) in [4.78, 5) is 0. The minimum Gasteiger partial charge on any atom is -0.492 e. The Morgan fingerprint density at radius 1 is 1.05 bits per heavy atom. The topological polar surface area (TPSA) is 44.5 Å². The van der Waals surface area contributed by atoms with Crippen LogP contribution < -0.4 is 15.2 Å². The Labute approximate surface area is 126 Å². The lowest BCUT2D eigenvalue weighted by Crippen LogP contribution is -1.98. The zero-order chi connectivity index (χ0) is 15.4. The molecule has 21 heavy (non-hydrogen) atoms. The lowest BCUT2D eigenvalue weighted by molar-refractivity contribution is 0.340. The summed E-state index contributed by atoms with van der Waals surface area (Å²) in [5.74, 6) is 2.69. The van der Waals surface area contributed by atoms with E-state index >= 15 is 0 Å². The minimum absolute atomic E-state index is 0.403. The SMILES string of the molecule is CCOc1cc(Oc2cc(C)ccc2C(C)C)ccc1N. The first-order valence-electron chi connectivity index (χ1n) is 7.32.